The van der Waals surface area contributed by atoms with E-state index in [1.807, 2.05) is 79.3 Å². The van der Waals surface area contributed by atoms with Crippen LogP contribution in [0.1, 0.15) is 30.5 Å². The van der Waals surface area contributed by atoms with Crippen LogP contribution in [0.4, 0.5) is 5.69 Å². The minimum absolute atomic E-state index is 0.00714. The van der Waals surface area contributed by atoms with Gasteiger partial charge in [-0.25, -0.2) is 0 Å². The van der Waals surface area contributed by atoms with Gasteiger partial charge in [-0.2, -0.15) is 0 Å². The molecule has 3 atom stereocenters. The predicted molar refractivity (Wildman–Crippen MR) is 177 cm³/mol. The van der Waals surface area contributed by atoms with Crippen molar-refractivity contribution in [3.8, 4) is 11.5 Å². The van der Waals surface area contributed by atoms with Gasteiger partial charge in [-0.3, -0.25) is 14.5 Å². The van der Waals surface area contributed by atoms with E-state index in [1.54, 1.807) is 12.0 Å². The average molecular weight is 613 g/mol. The van der Waals surface area contributed by atoms with Gasteiger partial charge in [-0.05, 0) is 61.5 Å². The van der Waals surface area contributed by atoms with Gasteiger partial charge in [-0.1, -0.05) is 37.3 Å². The maximum Gasteiger partial charge on any atom is 0.228 e. The molecule has 0 fully saturated rings. The van der Waals surface area contributed by atoms with Crippen molar-refractivity contribution in [2.45, 2.75) is 45.4 Å². The Morgan fingerprint density at radius 2 is 1.91 bits per heavy atom. The molecule has 2 amide bonds. The van der Waals surface area contributed by atoms with Gasteiger partial charge in [0.2, 0.25) is 11.8 Å². The van der Waals surface area contributed by atoms with Crippen LogP contribution in [0.25, 0.3) is 10.9 Å². The summed E-state index contributed by atoms with van der Waals surface area (Å²) in [7, 11) is 5.69. The van der Waals surface area contributed by atoms with Gasteiger partial charge in [0.1, 0.15) is 17.6 Å². The lowest BCUT2D eigenvalue weighted by atomic mass is 10.0. The number of hydrogen-bond acceptors (Lipinski definition) is 6. The van der Waals surface area contributed by atoms with Crippen molar-refractivity contribution in [1.29, 1.82) is 0 Å². The molecule has 3 aromatic carbocycles. The number of likely N-dealkylation sites (N-methyl/N-ethyl adjacent to an activating group) is 1. The van der Waals surface area contributed by atoms with E-state index >= 15 is 0 Å². The summed E-state index contributed by atoms with van der Waals surface area (Å²) in [4.78, 5) is 30.7. The summed E-state index contributed by atoms with van der Waals surface area (Å²) in [5.41, 5.74) is 4.50. The number of methoxy groups -OCH3 is 1. The first-order valence-corrected chi connectivity index (χ1v) is 15.5. The zero-order valence-corrected chi connectivity index (χ0v) is 26.8. The van der Waals surface area contributed by atoms with Gasteiger partial charge < -0.3 is 29.4 Å². The number of aliphatic hydroxyl groups is 1. The third kappa shape index (κ3) is 7.67. The molecule has 0 saturated carbocycles. The largest absolute Gasteiger partial charge is 0.497 e. The number of fused-ring (bicyclic) bond motifs is 2. The number of ether oxygens (including phenoxy) is 2. The van der Waals surface area contributed by atoms with Crippen LogP contribution in [0.3, 0.4) is 0 Å². The average Bonchev–Trinajstić information content (AvgIpc) is 3.36. The lowest BCUT2D eigenvalue weighted by Crippen LogP contribution is -2.47. The highest BCUT2D eigenvalue weighted by atomic mass is 16.5. The Hall–Kier alpha value is -4.34. The Morgan fingerprint density at radius 1 is 1.16 bits per heavy atom. The minimum Gasteiger partial charge on any atom is -0.497 e. The van der Waals surface area contributed by atoms with E-state index in [0.717, 1.165) is 34.3 Å². The van der Waals surface area contributed by atoms with Crippen molar-refractivity contribution in [2.24, 2.45) is 13.0 Å². The number of carbonyl (C=O) groups excluding carboxylic acids is 2. The number of para-hydroxylation sites is 1. The number of aryl methyl sites for hydroxylation is 1. The second-order valence-corrected chi connectivity index (χ2v) is 12.3. The molecule has 2 N–H and O–H groups in total. The molecule has 1 aromatic heterocycles. The molecule has 45 heavy (non-hydrogen) atoms. The van der Waals surface area contributed by atoms with Gasteiger partial charge in [0.05, 0.1) is 32.6 Å². The normalized spacial score (nSPS) is 17.7. The van der Waals surface area contributed by atoms with E-state index in [2.05, 4.69) is 36.3 Å². The first-order chi connectivity index (χ1) is 21.6. The monoisotopic (exact) mass is 612 g/mol. The summed E-state index contributed by atoms with van der Waals surface area (Å²) < 4.78 is 14.0. The van der Waals surface area contributed by atoms with Gasteiger partial charge in [0.25, 0.3) is 0 Å². The lowest BCUT2D eigenvalue weighted by molar-refractivity contribution is -0.134. The summed E-state index contributed by atoms with van der Waals surface area (Å²) in [6.45, 7) is 5.64. The van der Waals surface area contributed by atoms with E-state index in [4.69, 9.17) is 9.47 Å². The molecule has 9 heteroatoms. The molecule has 0 saturated heterocycles. The zero-order chi connectivity index (χ0) is 32.1. The van der Waals surface area contributed by atoms with Gasteiger partial charge in [-0.15, -0.1) is 0 Å². The van der Waals surface area contributed by atoms with Crippen molar-refractivity contribution in [2.75, 3.05) is 39.2 Å². The smallest absolute Gasteiger partial charge is 0.228 e. The topological polar surface area (TPSA) is 96.3 Å². The minimum atomic E-state index is -0.331. The van der Waals surface area contributed by atoms with Crippen LogP contribution in [0.2, 0.25) is 0 Å². The van der Waals surface area contributed by atoms with Crippen LogP contribution < -0.4 is 14.8 Å². The summed E-state index contributed by atoms with van der Waals surface area (Å²) in [6.07, 6.45) is 2.10. The van der Waals surface area contributed by atoms with Crippen molar-refractivity contribution in [3.63, 3.8) is 0 Å². The fourth-order valence-corrected chi connectivity index (χ4v) is 6.08. The Balaban J connectivity index is 1.36. The third-order valence-electron chi connectivity index (χ3n) is 8.63. The Bertz CT molecular complexity index is 1630. The van der Waals surface area contributed by atoms with E-state index in [1.165, 1.54) is 0 Å². The van der Waals surface area contributed by atoms with E-state index in [-0.39, 0.29) is 49.3 Å². The standard InChI is InChI=1S/C36H44N4O5/c1-24-19-40(25(2)23-41)36(43)18-27-16-29(37-35(42)17-28-21-39(4)32-9-7-6-8-31(28)32)12-15-33(27)45-34(24)22-38(3)20-26-10-13-30(44-5)14-11-26/h6-16,21,24-25,34,41H,17-20,22-23H2,1-5H3,(H,37,42)/t24-,25+,34-/m1/s1. The van der Waals surface area contributed by atoms with E-state index in [0.29, 0.717) is 30.1 Å². The van der Waals surface area contributed by atoms with Crippen LogP contribution in [-0.4, -0.2) is 77.3 Å². The molecule has 9 nitrogen and oxygen atoms in total. The maximum atomic E-state index is 13.6. The number of benzene rings is 3. The fourth-order valence-electron chi connectivity index (χ4n) is 6.08. The third-order valence-corrected chi connectivity index (χ3v) is 8.63. The first-order valence-electron chi connectivity index (χ1n) is 15.5. The molecule has 238 valence electrons. The van der Waals surface area contributed by atoms with Crippen molar-refractivity contribution >= 4 is 28.4 Å². The maximum absolute atomic E-state index is 13.6. The quantitative estimate of drug-likeness (QED) is 0.271. The van der Waals surface area contributed by atoms with Crippen LogP contribution >= 0.6 is 0 Å². The van der Waals surface area contributed by atoms with Crippen LogP contribution in [-0.2, 0) is 36.0 Å². The molecule has 0 bridgehead atoms. The van der Waals surface area contributed by atoms with Crippen molar-refractivity contribution < 1.29 is 24.2 Å². The number of nitrogens with zero attached hydrogens (tertiary/aromatic N) is 3. The summed E-state index contributed by atoms with van der Waals surface area (Å²) in [5, 5.41) is 14.1. The molecule has 5 rings (SSSR count). The highest BCUT2D eigenvalue weighted by molar-refractivity contribution is 5.96. The molecule has 0 radical (unpaired) electrons. The number of amides is 2. The number of anilines is 1. The molecule has 1 aliphatic rings. The molecular weight excluding hydrogens is 568 g/mol. The Kier molecular flexibility index (Phi) is 10.1. The van der Waals surface area contributed by atoms with Crippen LogP contribution in [0, 0.1) is 5.92 Å². The Labute approximate surface area is 265 Å². The van der Waals surface area contributed by atoms with E-state index < -0.39 is 0 Å². The number of nitrogens with one attached hydrogen (secondary N) is 1. The molecule has 4 aromatic rings. The number of aliphatic hydroxyl groups excluding tert-OH is 1. The fraction of sp³-hybridized carbons (Fsp3) is 0.389. The summed E-state index contributed by atoms with van der Waals surface area (Å²) in [6, 6.07) is 21.2. The second-order valence-electron chi connectivity index (χ2n) is 12.3. The molecule has 0 spiro atoms. The molecule has 0 unspecified atom stereocenters. The zero-order valence-electron chi connectivity index (χ0n) is 26.8. The highest BCUT2D eigenvalue weighted by Crippen LogP contribution is 2.30. The van der Waals surface area contributed by atoms with E-state index in [9.17, 15) is 14.7 Å². The number of aromatic nitrogens is 1. The highest BCUT2D eigenvalue weighted by Gasteiger charge is 2.31. The molecule has 0 aliphatic carbocycles. The Morgan fingerprint density at radius 3 is 2.64 bits per heavy atom. The van der Waals surface area contributed by atoms with Crippen LogP contribution in [0.5, 0.6) is 11.5 Å². The summed E-state index contributed by atoms with van der Waals surface area (Å²) in [5.74, 6) is 1.22. The van der Waals surface area contributed by atoms with Crippen molar-refractivity contribution in [3.05, 3.63) is 89.6 Å². The predicted octanol–water partition coefficient (Wildman–Crippen LogP) is 4.65. The summed E-state index contributed by atoms with van der Waals surface area (Å²) >= 11 is 0. The molecule has 2 heterocycles. The van der Waals surface area contributed by atoms with Crippen molar-refractivity contribution in [1.82, 2.24) is 14.4 Å². The van der Waals surface area contributed by atoms with Crippen LogP contribution in [0.15, 0.2) is 72.9 Å². The van der Waals surface area contributed by atoms with Gasteiger partial charge >= 0.3 is 0 Å². The molecule has 1 aliphatic heterocycles. The molecular formula is C36H44N4O5. The number of carbonyl (C=O) groups is 2. The SMILES string of the molecule is COc1ccc(CN(C)C[C@H]2Oc3ccc(NC(=O)Cc4cn(C)c5ccccc45)cc3CC(=O)N([C@@H](C)CO)C[C@H]2C)cc1. The number of hydrogen-bond donors (Lipinski definition) is 2. The lowest BCUT2D eigenvalue weighted by Gasteiger charge is -2.34. The first kappa shape index (κ1) is 32.1. The second kappa shape index (κ2) is 14.2. The van der Waals surface area contributed by atoms with Gasteiger partial charge in [0.15, 0.2) is 0 Å². The van der Waals surface area contributed by atoms with Gasteiger partial charge in [0, 0.05) is 61.0 Å². The number of rotatable bonds is 10.